The number of nitriles is 1. The predicted molar refractivity (Wildman–Crippen MR) is 88.4 cm³/mol. The smallest absolute Gasteiger partial charge is 0.264 e. The van der Waals surface area contributed by atoms with Crippen molar-refractivity contribution in [2.75, 3.05) is 33.4 Å². The van der Waals surface area contributed by atoms with Crippen molar-refractivity contribution in [2.45, 2.75) is 0 Å². The molecule has 0 saturated carbocycles. The Hall–Kier alpha value is -1.79. The van der Waals surface area contributed by atoms with E-state index in [0.29, 0.717) is 41.2 Å². The average Bonchev–Trinajstić information content (AvgIpc) is 2.55. The molecule has 116 valence electrons. The van der Waals surface area contributed by atoms with Crippen LogP contribution in [-0.4, -0.2) is 49.3 Å². The number of nitrogens with zero attached hydrogens (tertiary/aromatic N) is 2. The largest absolute Gasteiger partial charge is 0.504 e. The summed E-state index contributed by atoms with van der Waals surface area (Å²) < 4.78 is 10.9. The fourth-order valence-corrected chi connectivity index (χ4v) is 2.70. The number of carbonyl (C=O) groups is 1. The van der Waals surface area contributed by atoms with Gasteiger partial charge in [-0.1, -0.05) is 0 Å². The number of aromatic hydroxyl groups is 1. The van der Waals surface area contributed by atoms with E-state index < -0.39 is 0 Å². The molecule has 0 aromatic heterocycles. The van der Waals surface area contributed by atoms with Gasteiger partial charge in [-0.25, -0.2) is 0 Å². The van der Waals surface area contributed by atoms with Crippen LogP contribution in [0.3, 0.4) is 0 Å². The van der Waals surface area contributed by atoms with Gasteiger partial charge in [0.1, 0.15) is 11.6 Å². The molecule has 1 aliphatic rings. The number of hydrogen-bond acceptors (Lipinski definition) is 5. The molecule has 1 amide bonds. The molecule has 1 N–H and O–H groups in total. The number of phenolic OH excluding ortho intramolecular Hbond substituents is 1. The molecule has 0 radical (unpaired) electrons. The number of benzene rings is 1. The third-order valence-electron chi connectivity index (χ3n) is 3.23. The Morgan fingerprint density at radius 2 is 2.18 bits per heavy atom. The highest BCUT2D eigenvalue weighted by atomic mass is 127. The van der Waals surface area contributed by atoms with Crippen molar-refractivity contribution in [3.05, 3.63) is 26.8 Å². The number of morpholine rings is 1. The average molecular weight is 414 g/mol. The van der Waals surface area contributed by atoms with Crippen LogP contribution in [0.1, 0.15) is 5.56 Å². The Bertz CT molecular complexity index is 646. The lowest BCUT2D eigenvalue weighted by atomic mass is 10.1. The molecule has 22 heavy (non-hydrogen) atoms. The Labute approximate surface area is 142 Å². The van der Waals surface area contributed by atoms with Crippen molar-refractivity contribution in [2.24, 2.45) is 0 Å². The molecule has 1 aromatic carbocycles. The van der Waals surface area contributed by atoms with Gasteiger partial charge in [0.25, 0.3) is 5.91 Å². The molecule has 6 nitrogen and oxygen atoms in total. The number of methoxy groups -OCH3 is 1. The summed E-state index contributed by atoms with van der Waals surface area (Å²) in [7, 11) is 1.45. The Morgan fingerprint density at radius 3 is 2.77 bits per heavy atom. The van der Waals surface area contributed by atoms with E-state index in [1.54, 1.807) is 17.0 Å². The number of phenols is 1. The summed E-state index contributed by atoms with van der Waals surface area (Å²) in [5.74, 6) is 0.0281. The Kier molecular flexibility index (Phi) is 5.63. The van der Waals surface area contributed by atoms with E-state index in [1.807, 2.05) is 28.7 Å². The number of rotatable bonds is 3. The fraction of sp³-hybridized carbons (Fsp3) is 0.333. The van der Waals surface area contributed by atoms with Gasteiger partial charge in [-0.2, -0.15) is 5.26 Å². The van der Waals surface area contributed by atoms with Gasteiger partial charge in [0.05, 0.1) is 23.9 Å². The van der Waals surface area contributed by atoms with Crippen molar-refractivity contribution in [1.29, 1.82) is 5.26 Å². The molecule has 0 atom stereocenters. The molecular weight excluding hydrogens is 399 g/mol. The van der Waals surface area contributed by atoms with Gasteiger partial charge >= 0.3 is 0 Å². The summed E-state index contributed by atoms with van der Waals surface area (Å²) in [6.07, 6.45) is 1.50. The number of carbonyl (C=O) groups excluding carboxylic acids is 1. The van der Waals surface area contributed by atoms with Crippen molar-refractivity contribution in [3.63, 3.8) is 0 Å². The molecule has 1 aromatic rings. The molecule has 1 fully saturated rings. The SMILES string of the molecule is COc1cc(C=C(C#N)C(=O)N2CCOCC2)cc(I)c1O. The molecule has 0 aliphatic carbocycles. The number of amides is 1. The maximum Gasteiger partial charge on any atom is 0.264 e. The van der Waals surface area contributed by atoms with Crippen LogP contribution in [-0.2, 0) is 9.53 Å². The lowest BCUT2D eigenvalue weighted by molar-refractivity contribution is -0.130. The van der Waals surface area contributed by atoms with E-state index in [1.165, 1.54) is 13.2 Å². The topological polar surface area (TPSA) is 82.8 Å². The maximum absolute atomic E-state index is 12.3. The first-order chi connectivity index (χ1) is 10.6. The first-order valence-corrected chi connectivity index (χ1v) is 7.70. The zero-order valence-electron chi connectivity index (χ0n) is 12.0. The van der Waals surface area contributed by atoms with Gasteiger partial charge in [0.15, 0.2) is 11.5 Å². The van der Waals surface area contributed by atoms with Gasteiger partial charge in [0, 0.05) is 13.1 Å². The van der Waals surface area contributed by atoms with Crippen LogP contribution in [0, 0.1) is 14.9 Å². The van der Waals surface area contributed by atoms with Crippen LogP contribution in [0.25, 0.3) is 6.08 Å². The molecule has 1 saturated heterocycles. The van der Waals surface area contributed by atoms with Crippen LogP contribution in [0.15, 0.2) is 17.7 Å². The van der Waals surface area contributed by atoms with Crippen molar-refractivity contribution in [3.8, 4) is 17.6 Å². The van der Waals surface area contributed by atoms with E-state index in [-0.39, 0.29) is 17.2 Å². The van der Waals surface area contributed by atoms with Gasteiger partial charge < -0.3 is 19.5 Å². The fourth-order valence-electron chi connectivity index (χ4n) is 2.08. The standard InChI is InChI=1S/C15H15IN2O4/c1-21-13-8-10(7-12(16)14(13)19)6-11(9-17)15(20)18-2-4-22-5-3-18/h6-8,19H,2-5H2,1H3. The first-order valence-electron chi connectivity index (χ1n) is 6.62. The first kappa shape index (κ1) is 16.6. The highest BCUT2D eigenvalue weighted by Crippen LogP contribution is 2.33. The molecule has 7 heteroatoms. The van der Waals surface area contributed by atoms with Crippen LogP contribution >= 0.6 is 22.6 Å². The van der Waals surface area contributed by atoms with Crippen LogP contribution < -0.4 is 4.74 Å². The normalized spacial score (nSPS) is 15.3. The van der Waals surface area contributed by atoms with E-state index in [2.05, 4.69) is 0 Å². The second kappa shape index (κ2) is 7.47. The summed E-state index contributed by atoms with van der Waals surface area (Å²) in [6, 6.07) is 5.21. The minimum Gasteiger partial charge on any atom is -0.504 e. The van der Waals surface area contributed by atoms with Gasteiger partial charge in [0.2, 0.25) is 0 Å². The van der Waals surface area contributed by atoms with Crippen LogP contribution in [0.2, 0.25) is 0 Å². The van der Waals surface area contributed by atoms with Gasteiger partial charge in [-0.15, -0.1) is 0 Å². The molecule has 1 heterocycles. The molecule has 0 unspecified atom stereocenters. The predicted octanol–water partition coefficient (Wildman–Crippen LogP) is 1.77. The second-order valence-electron chi connectivity index (χ2n) is 4.63. The highest BCUT2D eigenvalue weighted by molar-refractivity contribution is 14.1. The second-order valence-corrected chi connectivity index (χ2v) is 5.79. The number of hydrogen-bond donors (Lipinski definition) is 1. The maximum atomic E-state index is 12.3. The lowest BCUT2D eigenvalue weighted by Crippen LogP contribution is -2.41. The van der Waals surface area contributed by atoms with Crippen LogP contribution in [0.5, 0.6) is 11.5 Å². The minimum absolute atomic E-state index is 0.0401. The molecule has 2 rings (SSSR count). The lowest BCUT2D eigenvalue weighted by Gasteiger charge is -2.26. The highest BCUT2D eigenvalue weighted by Gasteiger charge is 2.20. The van der Waals surface area contributed by atoms with Crippen molar-refractivity contribution < 1.29 is 19.4 Å². The van der Waals surface area contributed by atoms with Crippen molar-refractivity contribution in [1.82, 2.24) is 4.90 Å². The molecule has 0 bridgehead atoms. The molecule has 1 aliphatic heterocycles. The van der Waals surface area contributed by atoms with E-state index in [9.17, 15) is 15.2 Å². The zero-order chi connectivity index (χ0) is 16.1. The van der Waals surface area contributed by atoms with E-state index in [4.69, 9.17) is 9.47 Å². The summed E-state index contributed by atoms with van der Waals surface area (Å²) in [6.45, 7) is 1.92. The molecular formula is C15H15IN2O4. The Balaban J connectivity index is 2.30. The summed E-state index contributed by atoms with van der Waals surface area (Å²) >= 11 is 1.96. The molecule has 0 spiro atoms. The number of halogens is 1. The summed E-state index contributed by atoms with van der Waals surface area (Å²) in [5.41, 5.74) is 0.669. The zero-order valence-corrected chi connectivity index (χ0v) is 14.2. The van der Waals surface area contributed by atoms with E-state index >= 15 is 0 Å². The number of ether oxygens (including phenoxy) is 2. The van der Waals surface area contributed by atoms with Crippen LogP contribution in [0.4, 0.5) is 0 Å². The third-order valence-corrected chi connectivity index (χ3v) is 4.05. The minimum atomic E-state index is -0.312. The quantitative estimate of drug-likeness (QED) is 0.463. The monoisotopic (exact) mass is 414 g/mol. The summed E-state index contributed by atoms with van der Waals surface area (Å²) in [5, 5.41) is 19.1. The Morgan fingerprint density at radius 1 is 1.50 bits per heavy atom. The summed E-state index contributed by atoms with van der Waals surface area (Å²) in [4.78, 5) is 13.9. The van der Waals surface area contributed by atoms with E-state index in [0.717, 1.165) is 0 Å². The van der Waals surface area contributed by atoms with Gasteiger partial charge in [-0.05, 0) is 46.4 Å². The van der Waals surface area contributed by atoms with Crippen molar-refractivity contribution >= 4 is 34.6 Å². The third kappa shape index (κ3) is 3.69. The van der Waals surface area contributed by atoms with Gasteiger partial charge in [-0.3, -0.25) is 4.79 Å².